The lowest BCUT2D eigenvalue weighted by molar-refractivity contribution is 0.408. The summed E-state index contributed by atoms with van der Waals surface area (Å²) >= 11 is 0. The number of benzene rings is 1. The predicted octanol–water partition coefficient (Wildman–Crippen LogP) is 0.890. The number of aromatic amines is 1. The van der Waals surface area contributed by atoms with Gasteiger partial charge in [0.2, 0.25) is 5.82 Å². The number of phenols is 1. The lowest BCUT2D eigenvalue weighted by Crippen LogP contribution is -1.93. The van der Waals surface area contributed by atoms with Crippen molar-refractivity contribution >= 4 is 11.3 Å². The summed E-state index contributed by atoms with van der Waals surface area (Å²) in [7, 11) is 1.51. The number of tetrazole rings is 1. The first-order chi connectivity index (χ1) is 9.24. The van der Waals surface area contributed by atoms with E-state index in [1.165, 1.54) is 19.4 Å². The van der Waals surface area contributed by atoms with Gasteiger partial charge in [0.15, 0.2) is 0 Å². The number of nitrogens with one attached hydrogen (secondary N) is 2. The highest BCUT2D eigenvalue weighted by atomic mass is 16.5. The summed E-state index contributed by atoms with van der Waals surface area (Å²) in [6.07, 6.45) is 1.38. The number of hydrogen-bond donors (Lipinski definition) is 3. The highest BCUT2D eigenvalue weighted by Crippen LogP contribution is 2.28. The number of anilines is 1. The summed E-state index contributed by atoms with van der Waals surface area (Å²) in [5, 5.41) is 34.5. The molecule has 0 spiro atoms. The first kappa shape index (κ1) is 12.4. The average Bonchev–Trinajstić information content (AvgIpc) is 2.95. The zero-order valence-corrected chi connectivity index (χ0v) is 9.95. The maximum atomic E-state index is 9.73. The second kappa shape index (κ2) is 5.50. The van der Waals surface area contributed by atoms with Gasteiger partial charge in [0, 0.05) is 12.3 Å². The van der Waals surface area contributed by atoms with Gasteiger partial charge in [-0.2, -0.15) is 10.5 Å². The van der Waals surface area contributed by atoms with Gasteiger partial charge in [-0.3, -0.25) is 0 Å². The lowest BCUT2D eigenvalue weighted by Gasteiger charge is -2.06. The number of aromatic hydroxyl groups is 1. The Hall–Kier alpha value is -3.08. The van der Waals surface area contributed by atoms with Crippen molar-refractivity contribution in [1.29, 1.82) is 5.26 Å². The van der Waals surface area contributed by atoms with Crippen molar-refractivity contribution < 1.29 is 9.84 Å². The van der Waals surface area contributed by atoms with Crippen molar-refractivity contribution in [1.82, 2.24) is 20.6 Å². The Morgan fingerprint density at radius 3 is 3.00 bits per heavy atom. The Balaban J connectivity index is 2.20. The van der Waals surface area contributed by atoms with E-state index in [-0.39, 0.29) is 17.1 Å². The third kappa shape index (κ3) is 2.78. The molecule has 0 atom stereocenters. The van der Waals surface area contributed by atoms with E-state index >= 15 is 0 Å². The van der Waals surface area contributed by atoms with Crippen LogP contribution in [0.4, 0.5) is 5.69 Å². The smallest absolute Gasteiger partial charge is 0.216 e. The van der Waals surface area contributed by atoms with Crippen LogP contribution in [0.3, 0.4) is 0 Å². The monoisotopic (exact) mass is 258 g/mol. The highest BCUT2D eigenvalue weighted by Gasteiger charge is 2.06. The minimum Gasteiger partial charge on any atom is -0.506 e. The maximum Gasteiger partial charge on any atom is 0.216 e. The molecule has 0 aliphatic heterocycles. The number of ether oxygens (including phenoxy) is 1. The topological polar surface area (TPSA) is 120 Å². The van der Waals surface area contributed by atoms with Crippen LogP contribution in [0.5, 0.6) is 11.5 Å². The Labute approximate surface area is 108 Å². The van der Waals surface area contributed by atoms with E-state index in [0.717, 1.165) is 0 Å². The zero-order chi connectivity index (χ0) is 13.7. The van der Waals surface area contributed by atoms with Gasteiger partial charge < -0.3 is 15.2 Å². The Morgan fingerprint density at radius 2 is 2.42 bits per heavy atom. The van der Waals surface area contributed by atoms with Gasteiger partial charge in [0.05, 0.1) is 12.8 Å². The van der Waals surface area contributed by atoms with Crippen LogP contribution in [-0.2, 0) is 0 Å². The summed E-state index contributed by atoms with van der Waals surface area (Å²) in [5.74, 6) is 0.703. The van der Waals surface area contributed by atoms with Gasteiger partial charge in [-0.25, -0.2) is 0 Å². The van der Waals surface area contributed by atoms with Crippen LogP contribution in [0.1, 0.15) is 5.82 Å². The third-order valence-electron chi connectivity index (χ3n) is 2.28. The number of rotatable bonds is 4. The van der Waals surface area contributed by atoms with Gasteiger partial charge in [-0.15, -0.1) is 10.2 Å². The number of aromatic nitrogens is 4. The summed E-state index contributed by atoms with van der Waals surface area (Å²) in [5.41, 5.74) is 0.612. The molecule has 1 aromatic heterocycles. The second-order valence-corrected chi connectivity index (χ2v) is 3.43. The van der Waals surface area contributed by atoms with Crippen LogP contribution in [0.25, 0.3) is 5.57 Å². The molecule has 0 radical (unpaired) electrons. The highest BCUT2D eigenvalue weighted by molar-refractivity contribution is 5.75. The minimum absolute atomic E-state index is 0.000928. The molecule has 2 rings (SSSR count). The molecule has 1 aromatic carbocycles. The molecule has 19 heavy (non-hydrogen) atoms. The third-order valence-corrected chi connectivity index (χ3v) is 2.28. The van der Waals surface area contributed by atoms with Gasteiger partial charge in [0.25, 0.3) is 0 Å². The second-order valence-electron chi connectivity index (χ2n) is 3.43. The van der Waals surface area contributed by atoms with Crippen molar-refractivity contribution in [2.24, 2.45) is 0 Å². The van der Waals surface area contributed by atoms with E-state index in [1.54, 1.807) is 12.1 Å². The van der Waals surface area contributed by atoms with Gasteiger partial charge in [-0.1, -0.05) is 0 Å². The average molecular weight is 258 g/mol. The van der Waals surface area contributed by atoms with Crippen LogP contribution < -0.4 is 10.1 Å². The molecule has 96 valence electrons. The van der Waals surface area contributed by atoms with E-state index < -0.39 is 0 Å². The molecule has 0 aliphatic carbocycles. The van der Waals surface area contributed by atoms with Crippen LogP contribution in [0.15, 0.2) is 24.4 Å². The number of phenolic OH excluding ortho intramolecular Hbond substituents is 1. The summed E-state index contributed by atoms with van der Waals surface area (Å²) in [4.78, 5) is 0. The van der Waals surface area contributed by atoms with E-state index in [1.807, 2.05) is 6.07 Å². The Morgan fingerprint density at radius 1 is 1.58 bits per heavy atom. The largest absolute Gasteiger partial charge is 0.506 e. The van der Waals surface area contributed by atoms with Crippen LogP contribution in [0, 0.1) is 11.3 Å². The van der Waals surface area contributed by atoms with Gasteiger partial charge in [0.1, 0.15) is 23.1 Å². The number of nitrogens with zero attached hydrogens (tertiary/aromatic N) is 4. The first-order valence-electron chi connectivity index (χ1n) is 5.22. The number of methoxy groups -OCH3 is 1. The fourth-order valence-corrected chi connectivity index (χ4v) is 1.33. The normalized spacial score (nSPS) is 10.8. The molecule has 0 saturated heterocycles. The fraction of sp³-hybridized carbons (Fsp3) is 0.0909. The lowest BCUT2D eigenvalue weighted by atomic mass is 10.2. The maximum absolute atomic E-state index is 9.73. The fourth-order valence-electron chi connectivity index (χ4n) is 1.33. The molecule has 0 amide bonds. The van der Waals surface area contributed by atoms with Crippen LogP contribution in [0.2, 0.25) is 0 Å². The molecule has 0 aliphatic rings. The van der Waals surface area contributed by atoms with E-state index in [4.69, 9.17) is 10.00 Å². The van der Waals surface area contributed by atoms with Crippen molar-refractivity contribution in [3.05, 3.63) is 30.2 Å². The summed E-state index contributed by atoms with van der Waals surface area (Å²) in [6.45, 7) is 0. The van der Waals surface area contributed by atoms with Gasteiger partial charge >= 0.3 is 0 Å². The molecule has 8 heteroatoms. The number of nitriles is 1. The van der Waals surface area contributed by atoms with Crippen LogP contribution >= 0.6 is 0 Å². The van der Waals surface area contributed by atoms with Gasteiger partial charge in [-0.05, 0) is 17.3 Å². The number of allylic oxidation sites excluding steroid dienone is 1. The SMILES string of the molecule is COc1ccc(NC=C(C#N)c2nn[nH]n2)c(O)c1. The number of H-pyrrole nitrogens is 1. The number of hydrogen-bond acceptors (Lipinski definition) is 7. The standard InChI is InChI=1S/C11H10N6O2/c1-19-8-2-3-9(10(18)4-8)13-6-7(5-12)11-14-16-17-15-11/h2-4,6,13,18H,1H3,(H,14,15,16,17). The molecular formula is C11H10N6O2. The Kier molecular flexibility index (Phi) is 3.59. The summed E-state index contributed by atoms with van der Waals surface area (Å²) in [6, 6.07) is 6.68. The molecule has 3 N–H and O–H groups in total. The van der Waals surface area contributed by atoms with E-state index in [9.17, 15) is 5.11 Å². The first-order valence-corrected chi connectivity index (χ1v) is 5.22. The minimum atomic E-state index is 0.000928. The van der Waals surface area contributed by atoms with E-state index in [2.05, 4.69) is 25.9 Å². The van der Waals surface area contributed by atoms with E-state index in [0.29, 0.717) is 11.4 Å². The Bertz CT molecular complexity index is 629. The molecule has 0 saturated carbocycles. The molecule has 0 unspecified atom stereocenters. The molecular weight excluding hydrogens is 248 g/mol. The van der Waals surface area contributed by atoms with Crippen molar-refractivity contribution in [2.75, 3.05) is 12.4 Å². The quantitative estimate of drug-likeness (QED) is 0.550. The molecule has 8 nitrogen and oxygen atoms in total. The predicted molar refractivity (Wildman–Crippen MR) is 66.0 cm³/mol. The molecule has 1 heterocycles. The molecule has 2 aromatic rings. The molecule has 0 fully saturated rings. The summed E-state index contributed by atoms with van der Waals surface area (Å²) < 4.78 is 4.97. The van der Waals surface area contributed by atoms with Crippen molar-refractivity contribution in [3.8, 4) is 17.6 Å². The molecule has 0 bridgehead atoms. The zero-order valence-electron chi connectivity index (χ0n) is 9.95. The van der Waals surface area contributed by atoms with Crippen molar-refractivity contribution in [2.45, 2.75) is 0 Å². The van der Waals surface area contributed by atoms with Crippen molar-refractivity contribution in [3.63, 3.8) is 0 Å². The van der Waals surface area contributed by atoms with Crippen LogP contribution in [-0.4, -0.2) is 32.8 Å².